The molecule has 24 heavy (non-hydrogen) atoms. The third-order valence-corrected chi connectivity index (χ3v) is 5.04. The molecular formula is C18H21ClN2O2S. The van der Waals surface area contributed by atoms with Crippen molar-refractivity contribution in [2.24, 2.45) is 10.2 Å². The summed E-state index contributed by atoms with van der Waals surface area (Å²) < 4.78 is 11.0. The predicted octanol–water partition coefficient (Wildman–Crippen LogP) is 4.91. The highest BCUT2D eigenvalue weighted by Gasteiger charge is 2.26. The van der Waals surface area contributed by atoms with E-state index in [4.69, 9.17) is 9.47 Å². The van der Waals surface area contributed by atoms with E-state index >= 15 is 0 Å². The monoisotopic (exact) mass is 364 g/mol. The first kappa shape index (κ1) is 18.5. The second-order valence-corrected chi connectivity index (χ2v) is 6.37. The van der Waals surface area contributed by atoms with Crippen LogP contribution in [0.3, 0.4) is 0 Å². The molecule has 0 saturated carbocycles. The van der Waals surface area contributed by atoms with Crippen molar-refractivity contribution in [3.05, 3.63) is 45.6 Å². The highest BCUT2D eigenvalue weighted by atomic mass is 35.5. The molecule has 1 aliphatic heterocycles. The van der Waals surface area contributed by atoms with Gasteiger partial charge in [-0.2, -0.15) is 5.10 Å². The highest BCUT2D eigenvalue weighted by Crippen LogP contribution is 2.38. The molecule has 4 nitrogen and oxygen atoms in total. The normalized spacial score (nSPS) is 16.2. The number of nitrogens with zero attached hydrogens (tertiary/aromatic N) is 2. The van der Waals surface area contributed by atoms with Crippen molar-refractivity contribution in [3.63, 3.8) is 0 Å². The van der Waals surface area contributed by atoms with E-state index in [0.29, 0.717) is 5.75 Å². The molecule has 1 aliphatic rings. The van der Waals surface area contributed by atoms with Crippen LogP contribution < -0.4 is 9.47 Å². The van der Waals surface area contributed by atoms with E-state index in [1.54, 1.807) is 25.6 Å². The maximum atomic E-state index is 5.50. The predicted molar refractivity (Wildman–Crippen MR) is 103 cm³/mol. The van der Waals surface area contributed by atoms with Gasteiger partial charge < -0.3 is 9.47 Å². The summed E-state index contributed by atoms with van der Waals surface area (Å²) in [4.78, 5) is 1.10. The molecule has 0 N–H and O–H groups in total. The summed E-state index contributed by atoms with van der Waals surface area (Å²) in [5, 5.41) is 11.1. The molecule has 0 radical (unpaired) electrons. The van der Waals surface area contributed by atoms with Crippen molar-refractivity contribution in [1.29, 1.82) is 0 Å². The SMILES string of the molecule is CCC1C(C)=NN=C(c2cccs2)c2cc(OC)c(OC)cc21.Cl. The Morgan fingerprint density at radius 3 is 2.42 bits per heavy atom. The Hall–Kier alpha value is -1.85. The molecular weight excluding hydrogens is 344 g/mol. The number of hydrogen-bond acceptors (Lipinski definition) is 5. The zero-order valence-electron chi connectivity index (χ0n) is 14.2. The number of ether oxygens (including phenoxy) is 2. The van der Waals surface area contributed by atoms with E-state index < -0.39 is 0 Å². The van der Waals surface area contributed by atoms with Crippen molar-refractivity contribution in [1.82, 2.24) is 0 Å². The topological polar surface area (TPSA) is 43.2 Å². The van der Waals surface area contributed by atoms with Gasteiger partial charge in [0, 0.05) is 17.2 Å². The van der Waals surface area contributed by atoms with Crippen LogP contribution in [0.15, 0.2) is 39.8 Å². The van der Waals surface area contributed by atoms with Gasteiger partial charge in [0.05, 0.1) is 19.1 Å². The van der Waals surface area contributed by atoms with E-state index in [0.717, 1.165) is 34.0 Å². The molecule has 0 fully saturated rings. The molecule has 128 valence electrons. The molecule has 1 aromatic heterocycles. The lowest BCUT2D eigenvalue weighted by atomic mass is 9.87. The Kier molecular flexibility index (Phi) is 6.02. The number of fused-ring (bicyclic) bond motifs is 1. The van der Waals surface area contributed by atoms with E-state index in [1.807, 2.05) is 19.1 Å². The molecule has 0 spiro atoms. The van der Waals surface area contributed by atoms with Gasteiger partial charge in [0.2, 0.25) is 0 Å². The number of hydrogen-bond donors (Lipinski definition) is 0. The second-order valence-electron chi connectivity index (χ2n) is 5.42. The molecule has 6 heteroatoms. The van der Waals surface area contributed by atoms with Crippen LogP contribution in [0.4, 0.5) is 0 Å². The quantitative estimate of drug-likeness (QED) is 0.773. The van der Waals surface area contributed by atoms with Crippen molar-refractivity contribution < 1.29 is 9.47 Å². The van der Waals surface area contributed by atoms with E-state index in [9.17, 15) is 0 Å². The largest absolute Gasteiger partial charge is 0.493 e. The zero-order valence-corrected chi connectivity index (χ0v) is 15.8. The van der Waals surface area contributed by atoms with E-state index in [1.165, 1.54) is 5.56 Å². The van der Waals surface area contributed by atoms with Gasteiger partial charge in [-0.1, -0.05) is 13.0 Å². The molecule has 3 rings (SSSR count). The van der Waals surface area contributed by atoms with E-state index in [-0.39, 0.29) is 18.3 Å². The van der Waals surface area contributed by atoms with Crippen LogP contribution in [0.2, 0.25) is 0 Å². The van der Waals surface area contributed by atoms with E-state index in [2.05, 4.69) is 34.6 Å². The fraction of sp³-hybridized carbons (Fsp3) is 0.333. The lowest BCUT2D eigenvalue weighted by molar-refractivity contribution is 0.354. The lowest BCUT2D eigenvalue weighted by Gasteiger charge is -2.19. The highest BCUT2D eigenvalue weighted by molar-refractivity contribution is 7.12. The van der Waals surface area contributed by atoms with Gasteiger partial charge in [0.25, 0.3) is 0 Å². The number of methoxy groups -OCH3 is 2. The van der Waals surface area contributed by atoms with Gasteiger partial charge in [-0.05, 0) is 42.5 Å². The third kappa shape index (κ3) is 3.19. The van der Waals surface area contributed by atoms with Crippen molar-refractivity contribution in [2.75, 3.05) is 14.2 Å². The smallest absolute Gasteiger partial charge is 0.161 e. The van der Waals surface area contributed by atoms with Crippen LogP contribution in [-0.2, 0) is 0 Å². The first-order valence-corrected chi connectivity index (χ1v) is 8.49. The minimum absolute atomic E-state index is 0. The minimum atomic E-state index is 0. The fourth-order valence-corrected chi connectivity index (χ4v) is 3.70. The first-order valence-electron chi connectivity index (χ1n) is 7.61. The van der Waals surface area contributed by atoms with Gasteiger partial charge in [-0.3, -0.25) is 0 Å². The summed E-state index contributed by atoms with van der Waals surface area (Å²) in [7, 11) is 3.32. The molecule has 0 aliphatic carbocycles. The Morgan fingerprint density at radius 1 is 1.12 bits per heavy atom. The summed E-state index contributed by atoms with van der Waals surface area (Å²) in [5.74, 6) is 1.68. The van der Waals surface area contributed by atoms with Gasteiger partial charge >= 0.3 is 0 Å². The molecule has 2 aromatic rings. The maximum absolute atomic E-state index is 5.50. The lowest BCUT2D eigenvalue weighted by Crippen LogP contribution is -2.12. The minimum Gasteiger partial charge on any atom is -0.493 e. The van der Waals surface area contributed by atoms with Crippen LogP contribution in [0.25, 0.3) is 0 Å². The fourth-order valence-electron chi connectivity index (χ4n) is 2.98. The van der Waals surface area contributed by atoms with Crippen molar-refractivity contribution >= 4 is 35.2 Å². The van der Waals surface area contributed by atoms with Gasteiger partial charge in [0.15, 0.2) is 11.5 Å². The van der Waals surface area contributed by atoms with Crippen LogP contribution in [-0.4, -0.2) is 25.6 Å². The summed E-state index contributed by atoms with van der Waals surface area (Å²) in [5.41, 5.74) is 4.17. The average molecular weight is 365 g/mol. The summed E-state index contributed by atoms with van der Waals surface area (Å²) in [6.45, 7) is 4.20. The molecule has 0 bridgehead atoms. The Bertz CT molecular complexity index is 770. The first-order chi connectivity index (χ1) is 11.2. The number of benzene rings is 1. The molecule has 1 atom stereocenters. The zero-order chi connectivity index (χ0) is 16.4. The van der Waals surface area contributed by atoms with Crippen LogP contribution in [0, 0.1) is 0 Å². The van der Waals surface area contributed by atoms with Crippen LogP contribution >= 0.6 is 23.7 Å². The summed E-state index contributed by atoms with van der Waals surface area (Å²) >= 11 is 1.66. The Balaban J connectivity index is 0.00000208. The number of thiophene rings is 1. The van der Waals surface area contributed by atoms with Crippen molar-refractivity contribution in [2.45, 2.75) is 26.2 Å². The molecule has 1 unspecified atom stereocenters. The summed E-state index contributed by atoms with van der Waals surface area (Å²) in [6, 6.07) is 8.18. The standard InChI is InChI=1S/C18H20N2O2S.ClH/c1-5-12-11(2)19-20-18(17-7-6-8-23-17)14-10-16(22-4)15(21-3)9-13(12)14;/h6-10,12H,5H2,1-4H3;1H. The van der Waals surface area contributed by atoms with Crippen LogP contribution in [0.1, 0.15) is 42.2 Å². The molecule has 0 saturated heterocycles. The summed E-state index contributed by atoms with van der Waals surface area (Å²) in [6.07, 6.45) is 0.963. The molecule has 2 heterocycles. The number of halogens is 1. The average Bonchev–Trinajstić information content (AvgIpc) is 3.06. The molecule has 1 aromatic carbocycles. The molecule has 0 amide bonds. The van der Waals surface area contributed by atoms with Gasteiger partial charge in [-0.15, -0.1) is 28.8 Å². The van der Waals surface area contributed by atoms with Gasteiger partial charge in [-0.25, -0.2) is 0 Å². The van der Waals surface area contributed by atoms with Crippen LogP contribution in [0.5, 0.6) is 11.5 Å². The Labute approximate surface area is 152 Å². The van der Waals surface area contributed by atoms with Gasteiger partial charge in [0.1, 0.15) is 5.71 Å². The number of rotatable bonds is 4. The third-order valence-electron chi connectivity index (χ3n) is 4.16. The maximum Gasteiger partial charge on any atom is 0.161 e. The second kappa shape index (κ2) is 7.81. The van der Waals surface area contributed by atoms with Crippen molar-refractivity contribution in [3.8, 4) is 11.5 Å². The Morgan fingerprint density at radius 2 is 1.83 bits per heavy atom.